The van der Waals surface area contributed by atoms with Gasteiger partial charge in [0.2, 0.25) is 0 Å². The van der Waals surface area contributed by atoms with Gasteiger partial charge in [-0.25, -0.2) is 0 Å². The number of ether oxygens (including phenoxy) is 1. The topological polar surface area (TPSA) is 83.8 Å². The van der Waals surface area contributed by atoms with E-state index in [0.29, 0.717) is 11.5 Å². The average Bonchev–Trinajstić information content (AvgIpc) is 2.56. The van der Waals surface area contributed by atoms with E-state index < -0.39 is 5.97 Å². The minimum absolute atomic E-state index is 0.0105. The maximum absolute atomic E-state index is 11.8. The number of aryl methyl sites for hydroxylation is 2. The second-order valence-corrected chi connectivity index (χ2v) is 5.42. The van der Waals surface area contributed by atoms with Crippen molar-refractivity contribution >= 4 is 17.8 Å². The molecule has 2 N–H and O–H groups in total. The van der Waals surface area contributed by atoms with Gasteiger partial charge >= 0.3 is 0 Å². The third-order valence-corrected chi connectivity index (χ3v) is 3.10. The van der Waals surface area contributed by atoms with Crippen molar-refractivity contribution in [2.24, 2.45) is 0 Å². The molecule has 5 nitrogen and oxygen atoms in total. The molecule has 0 aliphatic carbocycles. The van der Waals surface area contributed by atoms with Gasteiger partial charge in [-0.2, -0.15) is 0 Å². The highest BCUT2D eigenvalue weighted by Gasteiger charge is 2.02. The molecule has 0 atom stereocenters. The zero-order valence-electron chi connectivity index (χ0n) is 14.5. The molecule has 0 amide bonds. The van der Waals surface area contributed by atoms with E-state index in [1.165, 1.54) is 6.08 Å². The zero-order chi connectivity index (χ0) is 18.8. The molecule has 132 valence electrons. The van der Waals surface area contributed by atoms with Crippen LogP contribution in [0.1, 0.15) is 23.6 Å². The number of hydrogen-bond donors (Lipinski definition) is 2. The fraction of sp³-hybridized carbons (Fsp3) is 0.200. The Kier molecular flexibility index (Phi) is 7.93. The van der Waals surface area contributed by atoms with Gasteiger partial charge in [0, 0.05) is 6.92 Å². The number of aliphatic carboxylic acids is 1. The lowest BCUT2D eigenvalue weighted by Gasteiger charge is -2.05. The lowest BCUT2D eigenvalue weighted by atomic mass is 10.1. The van der Waals surface area contributed by atoms with Crippen molar-refractivity contribution in [3.05, 3.63) is 65.2 Å². The van der Waals surface area contributed by atoms with Crippen molar-refractivity contribution in [3.8, 4) is 11.5 Å². The fourth-order valence-corrected chi connectivity index (χ4v) is 1.99. The van der Waals surface area contributed by atoms with Gasteiger partial charge in [0.1, 0.15) is 11.5 Å². The summed E-state index contributed by atoms with van der Waals surface area (Å²) < 4.78 is 5.38. The Morgan fingerprint density at radius 2 is 1.60 bits per heavy atom. The Morgan fingerprint density at radius 1 is 1.08 bits per heavy atom. The molecule has 0 heterocycles. The lowest BCUT2D eigenvalue weighted by Crippen LogP contribution is -2.07. The summed E-state index contributed by atoms with van der Waals surface area (Å²) in [4.78, 5) is 20.8. The second kappa shape index (κ2) is 9.93. The van der Waals surface area contributed by atoms with Crippen LogP contribution in [0, 0.1) is 13.8 Å². The lowest BCUT2D eigenvalue weighted by molar-refractivity contribution is -0.134. The first-order valence-electron chi connectivity index (χ1n) is 7.68. The summed E-state index contributed by atoms with van der Waals surface area (Å²) in [5.41, 5.74) is 2.47. The van der Waals surface area contributed by atoms with Crippen molar-refractivity contribution in [2.75, 3.05) is 6.61 Å². The number of para-hydroxylation sites is 1. The van der Waals surface area contributed by atoms with Crippen molar-refractivity contribution in [1.29, 1.82) is 0 Å². The SMILES string of the molecule is CC(=O)O.Cc1cc(C=CC(=O)COc2ccccc2)cc(C)c1O. The molecule has 5 heteroatoms. The van der Waals surface area contributed by atoms with Gasteiger partial charge < -0.3 is 14.9 Å². The van der Waals surface area contributed by atoms with Crippen LogP contribution < -0.4 is 4.74 Å². The average molecular weight is 342 g/mol. The number of ketones is 1. The Hall–Kier alpha value is -3.08. The summed E-state index contributed by atoms with van der Waals surface area (Å²) in [5, 5.41) is 17.1. The van der Waals surface area contributed by atoms with Crippen molar-refractivity contribution < 1.29 is 24.5 Å². The van der Waals surface area contributed by atoms with Gasteiger partial charge in [-0.15, -0.1) is 0 Å². The number of aromatic hydroxyl groups is 1. The first kappa shape index (κ1) is 20.0. The third-order valence-electron chi connectivity index (χ3n) is 3.10. The van der Waals surface area contributed by atoms with Gasteiger partial charge in [0.25, 0.3) is 5.97 Å². The number of rotatable bonds is 5. The number of carboxylic acids is 1. The van der Waals surface area contributed by atoms with Crippen LogP contribution in [0.4, 0.5) is 0 Å². The predicted molar refractivity (Wildman–Crippen MR) is 96.9 cm³/mol. The van der Waals surface area contributed by atoms with E-state index in [2.05, 4.69) is 0 Å². The molecule has 2 aromatic carbocycles. The molecule has 0 aromatic heterocycles. The normalized spacial score (nSPS) is 10.0. The van der Waals surface area contributed by atoms with Crippen LogP contribution in [0.15, 0.2) is 48.5 Å². The number of phenols is 1. The number of carbonyl (C=O) groups excluding carboxylic acids is 1. The monoisotopic (exact) mass is 342 g/mol. The molecule has 0 radical (unpaired) electrons. The Balaban J connectivity index is 0.000000705. The highest BCUT2D eigenvalue weighted by molar-refractivity contribution is 5.94. The molecule has 0 bridgehead atoms. The predicted octanol–water partition coefficient (Wildman–Crippen LogP) is 3.76. The third kappa shape index (κ3) is 7.83. The maximum atomic E-state index is 11.8. The molecule has 0 saturated carbocycles. The highest BCUT2D eigenvalue weighted by Crippen LogP contribution is 2.23. The largest absolute Gasteiger partial charge is 0.507 e. The minimum Gasteiger partial charge on any atom is -0.507 e. The molecule has 0 aliphatic heterocycles. The van der Waals surface area contributed by atoms with E-state index in [1.807, 2.05) is 56.3 Å². The van der Waals surface area contributed by atoms with Gasteiger partial charge in [-0.3, -0.25) is 9.59 Å². The van der Waals surface area contributed by atoms with Crippen molar-refractivity contribution in [3.63, 3.8) is 0 Å². The van der Waals surface area contributed by atoms with Gasteiger partial charge in [0.15, 0.2) is 12.4 Å². The van der Waals surface area contributed by atoms with E-state index in [1.54, 1.807) is 6.08 Å². The molecule has 0 fully saturated rings. The zero-order valence-corrected chi connectivity index (χ0v) is 14.5. The van der Waals surface area contributed by atoms with E-state index in [4.69, 9.17) is 14.6 Å². The molecule has 2 rings (SSSR count). The summed E-state index contributed by atoms with van der Waals surface area (Å²) in [6, 6.07) is 12.9. The van der Waals surface area contributed by atoms with E-state index >= 15 is 0 Å². The molecule has 0 saturated heterocycles. The van der Waals surface area contributed by atoms with E-state index in [0.717, 1.165) is 23.6 Å². The van der Waals surface area contributed by atoms with Gasteiger partial charge in [0.05, 0.1) is 0 Å². The smallest absolute Gasteiger partial charge is 0.300 e. The fourth-order valence-electron chi connectivity index (χ4n) is 1.99. The van der Waals surface area contributed by atoms with Gasteiger partial charge in [-0.1, -0.05) is 24.3 Å². The summed E-state index contributed by atoms with van der Waals surface area (Å²) in [7, 11) is 0. The molecular weight excluding hydrogens is 320 g/mol. The minimum atomic E-state index is -0.833. The number of benzene rings is 2. The Labute approximate surface area is 147 Å². The van der Waals surface area contributed by atoms with E-state index in [-0.39, 0.29) is 12.4 Å². The summed E-state index contributed by atoms with van der Waals surface area (Å²) in [6.07, 6.45) is 3.23. The first-order chi connectivity index (χ1) is 11.8. The molecule has 0 spiro atoms. The number of carbonyl (C=O) groups is 2. The Bertz CT molecular complexity index is 721. The molecule has 25 heavy (non-hydrogen) atoms. The molecular formula is C20H22O5. The number of carboxylic acid groups (broad SMARTS) is 1. The molecule has 2 aromatic rings. The summed E-state index contributed by atoms with van der Waals surface area (Å²) >= 11 is 0. The van der Waals surface area contributed by atoms with Crippen LogP contribution in [0.25, 0.3) is 6.08 Å². The quantitative estimate of drug-likeness (QED) is 0.808. The van der Waals surface area contributed by atoms with Crippen molar-refractivity contribution in [2.45, 2.75) is 20.8 Å². The van der Waals surface area contributed by atoms with Crippen LogP contribution in [0.5, 0.6) is 11.5 Å². The van der Waals surface area contributed by atoms with Gasteiger partial charge in [-0.05, 0) is 60.9 Å². The number of hydrogen-bond acceptors (Lipinski definition) is 4. The first-order valence-corrected chi connectivity index (χ1v) is 7.68. The molecule has 0 aliphatic rings. The van der Waals surface area contributed by atoms with Crippen LogP contribution in [-0.4, -0.2) is 28.6 Å². The van der Waals surface area contributed by atoms with E-state index in [9.17, 15) is 9.90 Å². The summed E-state index contributed by atoms with van der Waals surface area (Å²) in [5.74, 6) is 0.0312. The number of phenolic OH excluding ortho intramolecular Hbond substituents is 1. The van der Waals surface area contributed by atoms with Crippen LogP contribution >= 0.6 is 0 Å². The van der Waals surface area contributed by atoms with Crippen LogP contribution in [0.2, 0.25) is 0 Å². The highest BCUT2D eigenvalue weighted by atomic mass is 16.5. The standard InChI is InChI=1S/C18H18O3.C2H4O2/c1-13-10-15(11-14(2)18(13)20)8-9-16(19)12-21-17-6-4-3-5-7-17;1-2(3)4/h3-11,20H,12H2,1-2H3;1H3,(H,3,4). The Morgan fingerprint density at radius 3 is 2.12 bits per heavy atom. The maximum Gasteiger partial charge on any atom is 0.300 e. The van der Waals surface area contributed by atoms with Crippen LogP contribution in [-0.2, 0) is 9.59 Å². The molecule has 0 unspecified atom stereocenters. The summed E-state index contributed by atoms with van der Waals surface area (Å²) in [6.45, 7) is 4.76. The van der Waals surface area contributed by atoms with Crippen molar-refractivity contribution in [1.82, 2.24) is 0 Å². The van der Waals surface area contributed by atoms with Crippen LogP contribution in [0.3, 0.4) is 0 Å². The second-order valence-electron chi connectivity index (χ2n) is 5.42.